The van der Waals surface area contributed by atoms with Crippen LogP contribution in [-0.4, -0.2) is 71.6 Å². The SMILES string of the molecule is CCCC1OC[C@H]2O[C@@H](CC(=O)/C=C/c3cccc(OC)c3O)[C@H](O)[C@@H](O)[C@@H]2O1. The summed E-state index contributed by atoms with van der Waals surface area (Å²) in [5, 5.41) is 30.9. The first kappa shape index (κ1) is 21.7. The lowest BCUT2D eigenvalue weighted by Crippen LogP contribution is -2.62. The first-order valence-corrected chi connectivity index (χ1v) is 9.80. The maximum atomic E-state index is 12.4. The predicted molar refractivity (Wildman–Crippen MR) is 104 cm³/mol. The molecule has 0 amide bonds. The molecule has 8 nitrogen and oxygen atoms in total. The van der Waals surface area contributed by atoms with Gasteiger partial charge in [0.15, 0.2) is 23.6 Å². The Morgan fingerprint density at radius 2 is 2.07 bits per heavy atom. The molecule has 0 spiro atoms. The summed E-state index contributed by atoms with van der Waals surface area (Å²) in [7, 11) is 1.44. The van der Waals surface area contributed by atoms with Gasteiger partial charge in [0.2, 0.25) is 0 Å². The standard InChI is InChI=1S/C21H28O8/c1-3-5-17-27-11-16-21(29-17)20(25)19(24)15(28-16)10-13(22)9-8-12-6-4-7-14(26-2)18(12)23/h4,6-9,15-17,19-21,23-25H,3,5,10-11H2,1-2H3/b9-8+/t15-,16+,17?,19-,20+,21+/m0/s1. The molecule has 29 heavy (non-hydrogen) atoms. The molecule has 160 valence electrons. The van der Waals surface area contributed by atoms with Crippen molar-refractivity contribution >= 4 is 11.9 Å². The number of aliphatic hydroxyl groups excluding tert-OH is 2. The van der Waals surface area contributed by atoms with E-state index < -0.39 is 36.8 Å². The summed E-state index contributed by atoms with van der Waals surface area (Å²) in [5.74, 6) is -0.0775. The molecule has 1 aromatic carbocycles. The van der Waals surface area contributed by atoms with E-state index in [0.29, 0.717) is 17.7 Å². The van der Waals surface area contributed by atoms with Crippen molar-refractivity contribution in [3.05, 3.63) is 29.8 Å². The number of hydrogen-bond acceptors (Lipinski definition) is 8. The number of methoxy groups -OCH3 is 1. The van der Waals surface area contributed by atoms with Gasteiger partial charge in [-0.05, 0) is 24.6 Å². The first-order chi connectivity index (χ1) is 13.9. The van der Waals surface area contributed by atoms with Gasteiger partial charge in [-0.3, -0.25) is 4.79 Å². The van der Waals surface area contributed by atoms with Crippen LogP contribution in [0.25, 0.3) is 6.08 Å². The summed E-state index contributed by atoms with van der Waals surface area (Å²) in [4.78, 5) is 12.4. The highest BCUT2D eigenvalue weighted by Gasteiger charge is 2.48. The van der Waals surface area contributed by atoms with Gasteiger partial charge in [-0.1, -0.05) is 25.5 Å². The second kappa shape index (κ2) is 9.69. The number of para-hydroxylation sites is 1. The molecule has 1 unspecified atom stereocenters. The average molecular weight is 408 g/mol. The van der Waals surface area contributed by atoms with Crippen LogP contribution >= 0.6 is 0 Å². The van der Waals surface area contributed by atoms with E-state index in [1.807, 2.05) is 6.92 Å². The summed E-state index contributed by atoms with van der Waals surface area (Å²) in [6.45, 7) is 2.24. The van der Waals surface area contributed by atoms with Crippen LogP contribution in [0.3, 0.4) is 0 Å². The van der Waals surface area contributed by atoms with E-state index >= 15 is 0 Å². The van der Waals surface area contributed by atoms with Gasteiger partial charge in [0.25, 0.3) is 0 Å². The van der Waals surface area contributed by atoms with Crippen LogP contribution in [0, 0.1) is 0 Å². The van der Waals surface area contributed by atoms with E-state index in [0.717, 1.165) is 6.42 Å². The minimum Gasteiger partial charge on any atom is -0.504 e. The maximum absolute atomic E-state index is 12.4. The Morgan fingerprint density at radius 1 is 1.28 bits per heavy atom. The smallest absolute Gasteiger partial charge is 0.165 e. The van der Waals surface area contributed by atoms with Crippen LogP contribution < -0.4 is 4.74 Å². The number of carbonyl (C=O) groups is 1. The number of aliphatic hydroxyl groups is 2. The highest BCUT2D eigenvalue weighted by molar-refractivity contribution is 5.94. The molecule has 0 aliphatic carbocycles. The number of ether oxygens (including phenoxy) is 4. The van der Waals surface area contributed by atoms with Crippen LogP contribution in [0.15, 0.2) is 24.3 Å². The lowest BCUT2D eigenvalue weighted by atomic mass is 9.91. The molecular weight excluding hydrogens is 380 g/mol. The molecule has 2 heterocycles. The molecule has 2 fully saturated rings. The average Bonchev–Trinajstić information content (AvgIpc) is 2.72. The number of allylic oxidation sites excluding steroid dienone is 1. The molecule has 0 saturated carbocycles. The van der Waals surface area contributed by atoms with Crippen molar-refractivity contribution in [2.24, 2.45) is 0 Å². The molecule has 0 aromatic heterocycles. The minimum absolute atomic E-state index is 0.0654. The highest BCUT2D eigenvalue weighted by Crippen LogP contribution is 2.32. The Kier molecular flexibility index (Phi) is 7.26. The van der Waals surface area contributed by atoms with Crippen LogP contribution in [0.1, 0.15) is 31.7 Å². The number of hydrogen-bond donors (Lipinski definition) is 3. The second-order valence-electron chi connectivity index (χ2n) is 7.25. The Bertz CT molecular complexity index is 731. The zero-order valence-electron chi connectivity index (χ0n) is 16.6. The van der Waals surface area contributed by atoms with E-state index in [-0.39, 0.29) is 24.6 Å². The summed E-state index contributed by atoms with van der Waals surface area (Å²) in [5.41, 5.74) is 0.430. The molecule has 6 atom stereocenters. The molecule has 8 heteroatoms. The summed E-state index contributed by atoms with van der Waals surface area (Å²) in [6.07, 6.45) is -0.756. The van der Waals surface area contributed by atoms with Gasteiger partial charge in [-0.2, -0.15) is 0 Å². The van der Waals surface area contributed by atoms with Crippen LogP contribution in [0.4, 0.5) is 0 Å². The topological polar surface area (TPSA) is 115 Å². The first-order valence-electron chi connectivity index (χ1n) is 9.80. The quantitative estimate of drug-likeness (QED) is 0.580. The van der Waals surface area contributed by atoms with E-state index in [1.54, 1.807) is 18.2 Å². The van der Waals surface area contributed by atoms with Crippen LogP contribution in [0.2, 0.25) is 0 Å². The fourth-order valence-corrected chi connectivity index (χ4v) is 3.58. The fourth-order valence-electron chi connectivity index (χ4n) is 3.58. The zero-order chi connectivity index (χ0) is 21.0. The molecule has 2 aliphatic heterocycles. The number of ketones is 1. The van der Waals surface area contributed by atoms with Crippen molar-refractivity contribution < 1.29 is 39.1 Å². The van der Waals surface area contributed by atoms with Crippen molar-refractivity contribution in [2.75, 3.05) is 13.7 Å². The van der Waals surface area contributed by atoms with Crippen molar-refractivity contribution in [3.63, 3.8) is 0 Å². The van der Waals surface area contributed by atoms with Gasteiger partial charge in [0.1, 0.15) is 24.4 Å². The number of rotatable bonds is 7. The van der Waals surface area contributed by atoms with Crippen molar-refractivity contribution in [3.8, 4) is 11.5 Å². The van der Waals surface area contributed by atoms with Crippen molar-refractivity contribution in [1.29, 1.82) is 0 Å². The van der Waals surface area contributed by atoms with Crippen molar-refractivity contribution in [1.82, 2.24) is 0 Å². The Labute approximate surface area is 169 Å². The van der Waals surface area contributed by atoms with Gasteiger partial charge in [-0.25, -0.2) is 0 Å². The number of carbonyl (C=O) groups excluding carboxylic acids is 1. The Morgan fingerprint density at radius 3 is 2.79 bits per heavy atom. The maximum Gasteiger partial charge on any atom is 0.165 e. The van der Waals surface area contributed by atoms with E-state index in [1.165, 1.54) is 19.3 Å². The second-order valence-corrected chi connectivity index (χ2v) is 7.25. The molecule has 0 radical (unpaired) electrons. The lowest BCUT2D eigenvalue weighted by molar-refractivity contribution is -0.325. The van der Waals surface area contributed by atoms with Gasteiger partial charge < -0.3 is 34.3 Å². The Balaban J connectivity index is 1.61. The molecule has 1 aromatic rings. The molecule has 3 N–H and O–H groups in total. The highest BCUT2D eigenvalue weighted by atomic mass is 16.7. The molecule has 3 rings (SSSR count). The van der Waals surface area contributed by atoms with E-state index in [2.05, 4.69) is 0 Å². The zero-order valence-corrected chi connectivity index (χ0v) is 16.6. The van der Waals surface area contributed by atoms with Gasteiger partial charge in [0.05, 0.1) is 19.8 Å². The van der Waals surface area contributed by atoms with Gasteiger partial charge in [-0.15, -0.1) is 0 Å². The number of fused-ring (bicyclic) bond motifs is 1. The summed E-state index contributed by atoms with van der Waals surface area (Å²) in [6, 6.07) is 4.95. The predicted octanol–water partition coefficient (Wildman–Crippen LogP) is 1.40. The normalized spacial score (nSPS) is 32.1. The molecular formula is C21H28O8. The number of benzene rings is 1. The summed E-state index contributed by atoms with van der Waals surface area (Å²) >= 11 is 0. The van der Waals surface area contributed by atoms with Gasteiger partial charge in [0, 0.05) is 12.0 Å². The van der Waals surface area contributed by atoms with Gasteiger partial charge >= 0.3 is 0 Å². The lowest BCUT2D eigenvalue weighted by Gasteiger charge is -2.46. The van der Waals surface area contributed by atoms with Crippen molar-refractivity contribution in [2.45, 2.75) is 63.0 Å². The third kappa shape index (κ3) is 4.96. The third-order valence-corrected chi connectivity index (χ3v) is 5.16. The number of phenols is 1. The number of aromatic hydroxyl groups is 1. The monoisotopic (exact) mass is 408 g/mol. The third-order valence-electron chi connectivity index (χ3n) is 5.16. The minimum atomic E-state index is -1.25. The van der Waals surface area contributed by atoms with Crippen LogP contribution in [0.5, 0.6) is 11.5 Å². The molecule has 0 bridgehead atoms. The molecule has 2 aliphatic rings. The van der Waals surface area contributed by atoms with Crippen LogP contribution in [-0.2, 0) is 19.0 Å². The van der Waals surface area contributed by atoms with E-state index in [4.69, 9.17) is 18.9 Å². The Hall–Kier alpha value is -1.97. The number of phenolic OH excluding ortho intramolecular Hbond substituents is 1. The fraction of sp³-hybridized carbons (Fsp3) is 0.571. The van der Waals surface area contributed by atoms with E-state index in [9.17, 15) is 20.1 Å². The largest absolute Gasteiger partial charge is 0.504 e. The summed E-state index contributed by atoms with van der Waals surface area (Å²) < 4.78 is 22.1. The molecule has 2 saturated heterocycles.